The fourth-order valence-electron chi connectivity index (χ4n) is 4.06. The molecule has 3 aromatic carbocycles. The third kappa shape index (κ3) is 3.63. The largest absolute Gasteiger partial charge is 0.493 e. The van der Waals surface area contributed by atoms with E-state index in [0.717, 1.165) is 0 Å². The van der Waals surface area contributed by atoms with Crippen LogP contribution in [-0.4, -0.2) is 22.2 Å². The lowest BCUT2D eigenvalue weighted by atomic mass is 10.0. The molecule has 33 heavy (non-hydrogen) atoms. The lowest BCUT2D eigenvalue weighted by molar-refractivity contribution is -0.0173. The zero-order chi connectivity index (χ0) is 23.1. The highest BCUT2D eigenvalue weighted by Crippen LogP contribution is 2.41. The topological polar surface area (TPSA) is 90.1 Å². The molecule has 9 heteroatoms. The van der Waals surface area contributed by atoms with Gasteiger partial charge in [0.25, 0.3) is 0 Å². The van der Waals surface area contributed by atoms with E-state index >= 15 is 0 Å². The maximum Gasteiger partial charge on any atom is 0.222 e. The standard InChI is InChI=1S/C24H16ClFN2O5/c25-19-4-2-1-3-17(19)22(29)13-5-6-20-18(9-13)21(27-31)24(30)28(20)10-14-7-16(26)8-15-11-32-12-33-23(14)15/h1-9,30H,10-12H2. The van der Waals surface area contributed by atoms with Crippen molar-refractivity contribution < 1.29 is 23.8 Å². The van der Waals surface area contributed by atoms with Crippen LogP contribution >= 0.6 is 11.6 Å². The minimum absolute atomic E-state index is 0.00968. The van der Waals surface area contributed by atoms with Crippen molar-refractivity contribution in [1.29, 1.82) is 0 Å². The number of aromatic nitrogens is 1. The molecule has 2 heterocycles. The van der Waals surface area contributed by atoms with Crippen LogP contribution in [0.2, 0.25) is 5.02 Å². The highest BCUT2D eigenvalue weighted by Gasteiger charge is 2.23. The maximum absolute atomic E-state index is 14.2. The van der Waals surface area contributed by atoms with Gasteiger partial charge in [-0.3, -0.25) is 4.79 Å². The third-order valence-electron chi connectivity index (χ3n) is 5.56. The van der Waals surface area contributed by atoms with Gasteiger partial charge in [-0.15, -0.1) is 4.91 Å². The molecule has 1 aliphatic rings. The number of halogens is 2. The van der Waals surface area contributed by atoms with E-state index in [1.54, 1.807) is 36.4 Å². The summed E-state index contributed by atoms with van der Waals surface area (Å²) in [5.41, 5.74) is 1.84. The smallest absolute Gasteiger partial charge is 0.222 e. The van der Waals surface area contributed by atoms with E-state index in [2.05, 4.69) is 5.18 Å². The Hall–Kier alpha value is -3.75. The molecule has 1 aliphatic heterocycles. The minimum Gasteiger partial charge on any atom is -0.493 e. The summed E-state index contributed by atoms with van der Waals surface area (Å²) in [5, 5.41) is 14.3. The van der Waals surface area contributed by atoms with Gasteiger partial charge in [0.1, 0.15) is 11.6 Å². The molecule has 0 spiro atoms. The molecule has 5 rings (SSSR count). The van der Waals surface area contributed by atoms with Crippen molar-refractivity contribution >= 4 is 34.0 Å². The number of benzene rings is 3. The fourth-order valence-corrected chi connectivity index (χ4v) is 4.28. The summed E-state index contributed by atoms with van der Waals surface area (Å²) < 4.78 is 26.4. The average molecular weight is 467 g/mol. The fraction of sp³-hybridized carbons (Fsp3) is 0.125. The Labute approximate surface area is 191 Å². The minimum atomic E-state index is -0.477. The highest BCUT2D eigenvalue weighted by molar-refractivity contribution is 6.35. The first-order valence-corrected chi connectivity index (χ1v) is 10.4. The number of ether oxygens (including phenoxy) is 2. The molecule has 0 saturated heterocycles. The number of hydrogen-bond donors (Lipinski definition) is 1. The van der Waals surface area contributed by atoms with Gasteiger partial charge < -0.3 is 19.1 Å². The van der Waals surface area contributed by atoms with Gasteiger partial charge in [0.05, 0.1) is 23.7 Å². The van der Waals surface area contributed by atoms with Crippen LogP contribution in [0.5, 0.6) is 11.6 Å². The summed E-state index contributed by atoms with van der Waals surface area (Å²) in [6, 6.07) is 13.9. The van der Waals surface area contributed by atoms with Crippen molar-refractivity contribution in [3.8, 4) is 11.6 Å². The quantitative estimate of drug-likeness (QED) is 0.302. The molecule has 0 unspecified atom stereocenters. The molecule has 0 saturated carbocycles. The molecule has 4 aromatic rings. The van der Waals surface area contributed by atoms with Crippen LogP contribution in [0.15, 0.2) is 59.8 Å². The Bertz CT molecular complexity index is 1430. The van der Waals surface area contributed by atoms with Crippen LogP contribution in [0.3, 0.4) is 0 Å². The number of aromatic hydroxyl groups is 1. The van der Waals surface area contributed by atoms with Crippen molar-refractivity contribution in [2.45, 2.75) is 13.2 Å². The first-order valence-electron chi connectivity index (χ1n) is 9.97. The van der Waals surface area contributed by atoms with Gasteiger partial charge in [0.2, 0.25) is 5.88 Å². The van der Waals surface area contributed by atoms with E-state index in [1.165, 1.54) is 22.8 Å². The zero-order valence-corrected chi connectivity index (χ0v) is 17.8. The highest BCUT2D eigenvalue weighted by atomic mass is 35.5. The van der Waals surface area contributed by atoms with Crippen LogP contribution in [-0.2, 0) is 17.9 Å². The summed E-state index contributed by atoms with van der Waals surface area (Å²) in [7, 11) is 0. The van der Waals surface area contributed by atoms with Crippen molar-refractivity contribution in [2.75, 3.05) is 6.79 Å². The molecule has 7 nitrogen and oxygen atoms in total. The molecule has 166 valence electrons. The van der Waals surface area contributed by atoms with Gasteiger partial charge in [-0.05, 0) is 47.6 Å². The molecule has 0 aliphatic carbocycles. The molecule has 1 N–H and O–H groups in total. The molecule has 0 bridgehead atoms. The van der Waals surface area contributed by atoms with Gasteiger partial charge in [0.15, 0.2) is 18.3 Å². The van der Waals surface area contributed by atoms with E-state index in [-0.39, 0.29) is 42.4 Å². The molecular weight excluding hydrogens is 451 g/mol. The van der Waals surface area contributed by atoms with Crippen molar-refractivity contribution in [3.05, 3.63) is 92.6 Å². The number of fused-ring (bicyclic) bond motifs is 2. The first kappa shape index (κ1) is 21.1. The number of carbonyl (C=O) groups excluding carboxylic acids is 1. The van der Waals surface area contributed by atoms with E-state index in [9.17, 15) is 19.2 Å². The van der Waals surface area contributed by atoms with Crippen LogP contribution in [0, 0.1) is 10.7 Å². The Morgan fingerprint density at radius 2 is 2.00 bits per heavy atom. The Morgan fingerprint density at radius 3 is 2.79 bits per heavy atom. The summed E-state index contributed by atoms with van der Waals surface area (Å²) in [4.78, 5) is 24.5. The summed E-state index contributed by atoms with van der Waals surface area (Å²) in [6.07, 6.45) is 0. The van der Waals surface area contributed by atoms with Crippen LogP contribution in [0.4, 0.5) is 10.1 Å². The van der Waals surface area contributed by atoms with Gasteiger partial charge in [-0.1, -0.05) is 23.7 Å². The summed E-state index contributed by atoms with van der Waals surface area (Å²) in [5.74, 6) is -0.739. The van der Waals surface area contributed by atoms with E-state index in [4.69, 9.17) is 21.1 Å². The van der Waals surface area contributed by atoms with Crippen LogP contribution < -0.4 is 4.74 Å². The summed E-state index contributed by atoms with van der Waals surface area (Å²) >= 11 is 6.15. The molecule has 0 radical (unpaired) electrons. The zero-order valence-electron chi connectivity index (χ0n) is 17.0. The second-order valence-electron chi connectivity index (χ2n) is 7.55. The predicted octanol–water partition coefficient (Wildman–Crippen LogP) is 5.68. The Morgan fingerprint density at radius 1 is 1.18 bits per heavy atom. The van der Waals surface area contributed by atoms with Crippen molar-refractivity contribution in [2.24, 2.45) is 5.18 Å². The summed E-state index contributed by atoms with van der Waals surface area (Å²) in [6.45, 7) is 0.238. The number of carbonyl (C=O) groups is 1. The van der Waals surface area contributed by atoms with E-state index in [0.29, 0.717) is 33.0 Å². The van der Waals surface area contributed by atoms with Crippen LogP contribution in [0.25, 0.3) is 10.9 Å². The van der Waals surface area contributed by atoms with E-state index < -0.39 is 11.7 Å². The average Bonchev–Trinajstić information content (AvgIpc) is 3.08. The SMILES string of the molecule is O=Nc1c(O)n(Cc2cc(F)cc3c2OCOC3)c2ccc(C(=O)c3ccccc3Cl)cc12. The van der Waals surface area contributed by atoms with Gasteiger partial charge >= 0.3 is 0 Å². The van der Waals surface area contributed by atoms with Crippen molar-refractivity contribution in [1.82, 2.24) is 4.57 Å². The van der Waals surface area contributed by atoms with Gasteiger partial charge in [0, 0.05) is 27.6 Å². The van der Waals surface area contributed by atoms with Gasteiger partial charge in [-0.25, -0.2) is 4.39 Å². The monoisotopic (exact) mass is 466 g/mol. The van der Waals surface area contributed by atoms with Crippen LogP contribution in [0.1, 0.15) is 27.0 Å². The number of rotatable bonds is 5. The van der Waals surface area contributed by atoms with Crippen molar-refractivity contribution in [3.63, 3.8) is 0 Å². The predicted molar refractivity (Wildman–Crippen MR) is 120 cm³/mol. The van der Waals surface area contributed by atoms with E-state index in [1.807, 2.05) is 0 Å². The van der Waals surface area contributed by atoms with Gasteiger partial charge in [-0.2, -0.15) is 0 Å². The molecule has 0 atom stereocenters. The number of hydrogen-bond acceptors (Lipinski definition) is 6. The number of nitrogens with zero attached hydrogens (tertiary/aromatic N) is 2. The Balaban J connectivity index is 1.61. The number of ketones is 1. The Kier molecular flexibility index (Phi) is 5.32. The maximum atomic E-state index is 14.2. The first-order chi connectivity index (χ1) is 16.0. The second-order valence-corrected chi connectivity index (χ2v) is 7.96. The normalized spacial score (nSPS) is 12.9. The molecule has 0 amide bonds. The lowest BCUT2D eigenvalue weighted by Gasteiger charge is -2.21. The number of nitroso groups, excluding NO2 is 1. The molecular formula is C24H16ClFN2O5. The molecule has 0 fully saturated rings. The lowest BCUT2D eigenvalue weighted by Crippen LogP contribution is -2.14. The third-order valence-corrected chi connectivity index (χ3v) is 5.89. The second kappa shape index (κ2) is 8.31. The molecule has 1 aromatic heterocycles.